The van der Waals surface area contributed by atoms with Crippen molar-refractivity contribution >= 4 is 23.5 Å². The van der Waals surface area contributed by atoms with Crippen LogP contribution in [0.1, 0.15) is 49.7 Å². The van der Waals surface area contributed by atoms with Gasteiger partial charge in [0.1, 0.15) is 5.60 Å². The third kappa shape index (κ3) is 4.17. The first-order valence-corrected chi connectivity index (χ1v) is 11.2. The molecule has 1 aliphatic heterocycles. The van der Waals surface area contributed by atoms with Gasteiger partial charge in [0.05, 0.1) is 6.42 Å². The molecular weight excluding hydrogens is 368 g/mol. The molecule has 1 heterocycles. The van der Waals surface area contributed by atoms with Gasteiger partial charge < -0.3 is 4.74 Å². The molecule has 0 amide bonds. The Kier molecular flexibility index (Phi) is 5.86. The molecule has 146 valence electrons. The van der Waals surface area contributed by atoms with E-state index in [0.717, 1.165) is 30.4 Å². The predicted molar refractivity (Wildman–Crippen MR) is 112 cm³/mol. The Balaban J connectivity index is 1.53. The van der Waals surface area contributed by atoms with Crippen molar-refractivity contribution in [2.45, 2.75) is 55.1 Å². The van der Waals surface area contributed by atoms with Crippen molar-refractivity contribution < 1.29 is 14.3 Å². The number of hydrogen-bond acceptors (Lipinski definition) is 4. The highest BCUT2D eigenvalue weighted by Gasteiger charge is 2.49. The highest BCUT2D eigenvalue weighted by Crippen LogP contribution is 2.45. The molecule has 3 nitrogen and oxygen atoms in total. The van der Waals surface area contributed by atoms with E-state index in [9.17, 15) is 9.59 Å². The number of rotatable bonds is 6. The van der Waals surface area contributed by atoms with Crippen molar-refractivity contribution in [1.29, 1.82) is 0 Å². The van der Waals surface area contributed by atoms with Crippen LogP contribution in [0, 0.1) is 5.92 Å². The van der Waals surface area contributed by atoms with Gasteiger partial charge in [0.15, 0.2) is 11.0 Å². The van der Waals surface area contributed by atoms with Crippen LogP contribution in [0.5, 0.6) is 0 Å². The number of carbonyl (C=O) groups excluding carboxylic acids is 2. The fourth-order valence-corrected chi connectivity index (χ4v) is 5.52. The summed E-state index contributed by atoms with van der Waals surface area (Å²) in [6, 6.07) is 19.8. The lowest BCUT2D eigenvalue weighted by atomic mass is 9.78. The molecule has 4 rings (SSSR count). The van der Waals surface area contributed by atoms with Crippen LogP contribution in [-0.2, 0) is 25.7 Å². The monoisotopic (exact) mass is 394 g/mol. The third-order valence-electron chi connectivity index (χ3n) is 5.91. The maximum Gasteiger partial charge on any atom is 0.327 e. The standard InChI is InChI=1S/C24H26O3S/c25-21-16-24(15-18-9-7-8-10-18,20-13-5-2-6-14-20)27-23(26)22(21)28-17-19-11-3-1-4-12-19/h1-6,11-14,18,22H,7-10,15-17H2. The van der Waals surface area contributed by atoms with Crippen LogP contribution < -0.4 is 0 Å². The Bertz CT molecular complexity index is 794. The third-order valence-corrected chi connectivity index (χ3v) is 7.20. The Labute approximate surface area is 170 Å². The first-order chi connectivity index (χ1) is 13.7. The number of esters is 1. The van der Waals surface area contributed by atoms with Crippen molar-refractivity contribution in [3.8, 4) is 0 Å². The van der Waals surface area contributed by atoms with E-state index >= 15 is 0 Å². The molecule has 0 spiro atoms. The number of thioether (sulfide) groups is 1. The zero-order chi connectivity index (χ0) is 19.4. The highest BCUT2D eigenvalue weighted by molar-refractivity contribution is 8.00. The molecule has 2 fully saturated rings. The summed E-state index contributed by atoms with van der Waals surface area (Å²) in [7, 11) is 0. The summed E-state index contributed by atoms with van der Waals surface area (Å²) < 4.78 is 6.11. The van der Waals surface area contributed by atoms with Gasteiger partial charge in [0.25, 0.3) is 0 Å². The second kappa shape index (κ2) is 8.52. The lowest BCUT2D eigenvalue weighted by Gasteiger charge is -2.40. The molecule has 0 radical (unpaired) electrons. The number of ether oxygens (including phenoxy) is 1. The molecule has 0 N–H and O–H groups in total. The summed E-state index contributed by atoms with van der Waals surface area (Å²) >= 11 is 1.38. The van der Waals surface area contributed by atoms with Crippen LogP contribution in [0.3, 0.4) is 0 Å². The zero-order valence-corrected chi connectivity index (χ0v) is 16.8. The van der Waals surface area contributed by atoms with Gasteiger partial charge in [0, 0.05) is 5.75 Å². The molecule has 1 saturated heterocycles. The number of cyclic esters (lactones) is 1. The van der Waals surface area contributed by atoms with E-state index in [4.69, 9.17) is 4.74 Å². The molecule has 2 aromatic carbocycles. The first kappa shape index (κ1) is 19.3. The van der Waals surface area contributed by atoms with Crippen LogP contribution in [-0.4, -0.2) is 17.0 Å². The van der Waals surface area contributed by atoms with E-state index in [1.807, 2.05) is 60.7 Å². The van der Waals surface area contributed by atoms with Gasteiger partial charge in [-0.15, -0.1) is 11.8 Å². The largest absolute Gasteiger partial charge is 0.453 e. The van der Waals surface area contributed by atoms with Gasteiger partial charge in [0.2, 0.25) is 0 Å². The lowest BCUT2D eigenvalue weighted by Crippen LogP contribution is -2.48. The quantitative estimate of drug-likeness (QED) is 0.494. The maximum absolute atomic E-state index is 13.1. The maximum atomic E-state index is 13.1. The fourth-order valence-electron chi connectivity index (χ4n) is 4.52. The van der Waals surface area contributed by atoms with E-state index in [-0.39, 0.29) is 18.2 Å². The van der Waals surface area contributed by atoms with Gasteiger partial charge in [-0.25, -0.2) is 0 Å². The average molecular weight is 395 g/mol. The Morgan fingerprint density at radius 1 is 0.929 bits per heavy atom. The lowest BCUT2D eigenvalue weighted by molar-refractivity contribution is -0.173. The number of carbonyl (C=O) groups is 2. The molecular formula is C24H26O3S. The van der Waals surface area contributed by atoms with Crippen molar-refractivity contribution in [2.75, 3.05) is 0 Å². The van der Waals surface area contributed by atoms with Crippen LogP contribution in [0.25, 0.3) is 0 Å². The second-order valence-electron chi connectivity index (χ2n) is 7.96. The topological polar surface area (TPSA) is 43.4 Å². The molecule has 2 atom stereocenters. The second-order valence-corrected chi connectivity index (χ2v) is 9.05. The molecule has 1 aliphatic carbocycles. The normalized spacial score (nSPS) is 25.6. The molecule has 28 heavy (non-hydrogen) atoms. The zero-order valence-electron chi connectivity index (χ0n) is 16.0. The van der Waals surface area contributed by atoms with Gasteiger partial charge in [-0.2, -0.15) is 0 Å². The summed E-state index contributed by atoms with van der Waals surface area (Å²) in [5.74, 6) is 0.778. The SMILES string of the molecule is O=C1CC(CC2CCCC2)(c2ccccc2)OC(=O)C1SCc1ccccc1. The Morgan fingerprint density at radius 2 is 1.57 bits per heavy atom. The number of hydrogen-bond donors (Lipinski definition) is 0. The minimum Gasteiger partial charge on any atom is -0.453 e. The molecule has 0 bridgehead atoms. The summed E-state index contributed by atoms with van der Waals surface area (Å²) in [6.45, 7) is 0. The van der Waals surface area contributed by atoms with E-state index in [0.29, 0.717) is 11.7 Å². The minimum absolute atomic E-state index is 0.000897. The van der Waals surface area contributed by atoms with E-state index in [2.05, 4.69) is 0 Å². The Hall–Kier alpha value is -2.07. The fraction of sp³-hybridized carbons (Fsp3) is 0.417. The van der Waals surface area contributed by atoms with Gasteiger partial charge in [-0.3, -0.25) is 9.59 Å². The average Bonchev–Trinajstić information content (AvgIpc) is 3.21. The van der Waals surface area contributed by atoms with E-state index < -0.39 is 10.9 Å². The van der Waals surface area contributed by atoms with Crippen molar-refractivity contribution in [1.82, 2.24) is 0 Å². The van der Waals surface area contributed by atoms with Crippen molar-refractivity contribution in [3.63, 3.8) is 0 Å². The molecule has 4 heteroatoms. The van der Waals surface area contributed by atoms with Gasteiger partial charge in [-0.05, 0) is 23.5 Å². The smallest absolute Gasteiger partial charge is 0.327 e. The number of Topliss-reactive ketones (excluding diaryl/α,β-unsaturated/α-hetero) is 1. The number of benzene rings is 2. The minimum atomic E-state index is -0.797. The predicted octanol–water partition coefficient (Wildman–Crippen LogP) is 5.28. The molecule has 2 unspecified atom stereocenters. The van der Waals surface area contributed by atoms with Gasteiger partial charge >= 0.3 is 5.97 Å². The summed E-state index contributed by atoms with van der Waals surface area (Å²) in [5.41, 5.74) is 1.27. The molecule has 1 saturated carbocycles. The summed E-state index contributed by atoms with van der Waals surface area (Å²) in [6.07, 6.45) is 5.81. The van der Waals surface area contributed by atoms with Crippen molar-refractivity contribution in [3.05, 3.63) is 71.8 Å². The summed E-state index contributed by atoms with van der Waals surface area (Å²) in [4.78, 5) is 26.0. The van der Waals surface area contributed by atoms with Crippen molar-refractivity contribution in [2.24, 2.45) is 5.92 Å². The van der Waals surface area contributed by atoms with Crippen LogP contribution >= 0.6 is 11.8 Å². The first-order valence-electron chi connectivity index (χ1n) is 10.1. The molecule has 2 aromatic rings. The molecule has 0 aromatic heterocycles. The van der Waals surface area contributed by atoms with Crippen LogP contribution in [0.15, 0.2) is 60.7 Å². The van der Waals surface area contributed by atoms with Gasteiger partial charge in [-0.1, -0.05) is 86.3 Å². The highest BCUT2D eigenvalue weighted by atomic mass is 32.2. The summed E-state index contributed by atoms with van der Waals surface area (Å²) in [5, 5.41) is -0.722. The van der Waals surface area contributed by atoms with Crippen LogP contribution in [0.2, 0.25) is 0 Å². The number of ketones is 1. The molecule has 2 aliphatic rings. The van der Waals surface area contributed by atoms with E-state index in [1.165, 1.54) is 24.6 Å². The van der Waals surface area contributed by atoms with Crippen LogP contribution in [0.4, 0.5) is 0 Å². The van der Waals surface area contributed by atoms with E-state index in [1.54, 1.807) is 0 Å². The Morgan fingerprint density at radius 3 is 2.21 bits per heavy atom.